The van der Waals surface area contributed by atoms with Crippen molar-refractivity contribution in [1.29, 1.82) is 0 Å². The number of amides is 1. The molecule has 5 nitrogen and oxygen atoms in total. The molecule has 0 saturated carbocycles. The van der Waals surface area contributed by atoms with Gasteiger partial charge in [0.2, 0.25) is 6.41 Å². The van der Waals surface area contributed by atoms with Gasteiger partial charge in [-0.15, -0.1) is 0 Å². The molecular weight excluding hydrogens is 148 g/mol. The third kappa shape index (κ3) is 8.90. The van der Waals surface area contributed by atoms with Crippen LogP contribution in [0.2, 0.25) is 0 Å². The SMILES string of the molecule is CC(C)C(N)C(=O)O.NC=O. The van der Waals surface area contributed by atoms with E-state index in [9.17, 15) is 4.79 Å². The van der Waals surface area contributed by atoms with Gasteiger partial charge in [-0.2, -0.15) is 0 Å². The molecule has 0 aliphatic rings. The van der Waals surface area contributed by atoms with Gasteiger partial charge in [0.15, 0.2) is 0 Å². The molecule has 0 aliphatic heterocycles. The summed E-state index contributed by atoms with van der Waals surface area (Å²) in [7, 11) is 0. The van der Waals surface area contributed by atoms with Gasteiger partial charge in [-0.05, 0) is 5.92 Å². The predicted molar refractivity (Wildman–Crippen MR) is 40.7 cm³/mol. The zero-order chi connectivity index (χ0) is 9.44. The summed E-state index contributed by atoms with van der Waals surface area (Å²) in [4.78, 5) is 18.6. The largest absolute Gasteiger partial charge is 0.480 e. The smallest absolute Gasteiger partial charge is 0.320 e. The zero-order valence-corrected chi connectivity index (χ0v) is 6.65. The van der Waals surface area contributed by atoms with Crippen molar-refractivity contribution < 1.29 is 14.7 Å². The Kier molecular flexibility index (Phi) is 8.01. The Hall–Kier alpha value is -1.10. The Morgan fingerprint density at radius 2 is 1.82 bits per heavy atom. The van der Waals surface area contributed by atoms with Crippen molar-refractivity contribution in [2.75, 3.05) is 0 Å². The molecule has 0 aromatic rings. The highest BCUT2D eigenvalue weighted by molar-refractivity contribution is 5.73. The number of hydrogen-bond donors (Lipinski definition) is 3. The van der Waals surface area contributed by atoms with E-state index >= 15 is 0 Å². The van der Waals surface area contributed by atoms with Crippen LogP contribution in [0.4, 0.5) is 0 Å². The average molecular weight is 162 g/mol. The van der Waals surface area contributed by atoms with Crippen LogP contribution < -0.4 is 11.5 Å². The van der Waals surface area contributed by atoms with E-state index in [1.165, 1.54) is 0 Å². The lowest BCUT2D eigenvalue weighted by atomic mass is 10.1. The first-order valence-electron chi connectivity index (χ1n) is 3.11. The fourth-order valence-corrected chi connectivity index (χ4v) is 0.285. The minimum atomic E-state index is -0.931. The standard InChI is InChI=1S/C5H11NO2.CH3NO/c1-3(2)4(6)5(7)8;2-1-3/h3-4H,6H2,1-2H3,(H,7,8);1H,(H2,2,3). The number of primary amides is 1. The molecule has 1 unspecified atom stereocenters. The van der Waals surface area contributed by atoms with Crippen molar-refractivity contribution in [2.24, 2.45) is 17.4 Å². The highest BCUT2D eigenvalue weighted by Gasteiger charge is 2.14. The molecular formula is C6H14N2O3. The van der Waals surface area contributed by atoms with Crippen LogP contribution in [0.1, 0.15) is 13.8 Å². The van der Waals surface area contributed by atoms with Crippen molar-refractivity contribution in [3.05, 3.63) is 0 Å². The molecule has 0 aliphatic carbocycles. The lowest BCUT2D eigenvalue weighted by molar-refractivity contribution is -0.139. The molecule has 1 amide bonds. The summed E-state index contributed by atoms with van der Waals surface area (Å²) in [5.41, 5.74) is 9.33. The minimum absolute atomic E-state index is 0.0208. The van der Waals surface area contributed by atoms with Crippen LogP contribution in [0.5, 0.6) is 0 Å². The number of rotatable bonds is 2. The summed E-state index contributed by atoms with van der Waals surface area (Å²) < 4.78 is 0. The topological polar surface area (TPSA) is 106 Å². The quantitative estimate of drug-likeness (QED) is 0.460. The van der Waals surface area contributed by atoms with Crippen molar-refractivity contribution in [3.8, 4) is 0 Å². The fraction of sp³-hybridized carbons (Fsp3) is 0.667. The van der Waals surface area contributed by atoms with E-state index in [4.69, 9.17) is 15.6 Å². The molecule has 0 radical (unpaired) electrons. The van der Waals surface area contributed by atoms with E-state index in [1.807, 2.05) is 0 Å². The van der Waals surface area contributed by atoms with E-state index in [0.29, 0.717) is 0 Å². The van der Waals surface area contributed by atoms with Crippen LogP contribution >= 0.6 is 0 Å². The Balaban J connectivity index is 0. The number of carboxylic acids is 1. The summed E-state index contributed by atoms with van der Waals surface area (Å²) in [6, 6.07) is -0.713. The summed E-state index contributed by atoms with van der Waals surface area (Å²) in [5.74, 6) is -0.910. The highest BCUT2D eigenvalue weighted by atomic mass is 16.4. The number of carboxylic acid groups (broad SMARTS) is 1. The second kappa shape index (κ2) is 7.01. The van der Waals surface area contributed by atoms with Crippen LogP contribution in [0.25, 0.3) is 0 Å². The Morgan fingerprint density at radius 3 is 1.82 bits per heavy atom. The average Bonchev–Trinajstić information content (AvgIpc) is 1.87. The van der Waals surface area contributed by atoms with E-state index in [2.05, 4.69) is 5.73 Å². The third-order valence-corrected chi connectivity index (χ3v) is 1.00. The first-order valence-corrected chi connectivity index (χ1v) is 3.11. The van der Waals surface area contributed by atoms with Gasteiger partial charge in [-0.25, -0.2) is 0 Å². The molecule has 0 saturated heterocycles. The highest BCUT2D eigenvalue weighted by Crippen LogP contribution is 1.96. The van der Waals surface area contributed by atoms with Crippen LogP contribution in [-0.2, 0) is 9.59 Å². The van der Waals surface area contributed by atoms with Gasteiger partial charge in [0, 0.05) is 0 Å². The molecule has 0 heterocycles. The molecule has 66 valence electrons. The number of carbonyl (C=O) groups excluding carboxylic acids is 1. The Morgan fingerprint density at radius 1 is 1.55 bits per heavy atom. The number of aliphatic carboxylic acids is 1. The molecule has 1 atom stereocenters. The summed E-state index contributed by atoms with van der Waals surface area (Å²) >= 11 is 0. The van der Waals surface area contributed by atoms with E-state index < -0.39 is 12.0 Å². The summed E-state index contributed by atoms with van der Waals surface area (Å²) in [6.07, 6.45) is 0.250. The van der Waals surface area contributed by atoms with Gasteiger partial charge < -0.3 is 16.6 Å². The van der Waals surface area contributed by atoms with Gasteiger partial charge in [-0.3, -0.25) is 9.59 Å². The summed E-state index contributed by atoms with van der Waals surface area (Å²) in [5, 5.41) is 8.23. The van der Waals surface area contributed by atoms with Crippen LogP contribution in [0, 0.1) is 5.92 Å². The van der Waals surface area contributed by atoms with Gasteiger partial charge in [0.05, 0.1) is 0 Å². The Labute approximate surface area is 65.4 Å². The Bertz CT molecular complexity index is 125. The fourth-order valence-electron chi connectivity index (χ4n) is 0.285. The minimum Gasteiger partial charge on any atom is -0.480 e. The lowest BCUT2D eigenvalue weighted by Gasteiger charge is -2.07. The molecule has 0 fully saturated rings. The lowest BCUT2D eigenvalue weighted by Crippen LogP contribution is -2.34. The monoisotopic (exact) mass is 162 g/mol. The molecule has 0 bridgehead atoms. The van der Waals surface area contributed by atoms with Crippen LogP contribution in [0.3, 0.4) is 0 Å². The van der Waals surface area contributed by atoms with Crippen molar-refractivity contribution in [1.82, 2.24) is 0 Å². The maximum absolute atomic E-state index is 10.0. The maximum atomic E-state index is 10.0. The van der Waals surface area contributed by atoms with Gasteiger partial charge in [-0.1, -0.05) is 13.8 Å². The third-order valence-electron chi connectivity index (χ3n) is 1.00. The second-order valence-electron chi connectivity index (χ2n) is 2.24. The van der Waals surface area contributed by atoms with Crippen molar-refractivity contribution in [3.63, 3.8) is 0 Å². The van der Waals surface area contributed by atoms with Gasteiger partial charge in [0.25, 0.3) is 0 Å². The van der Waals surface area contributed by atoms with E-state index in [0.717, 1.165) is 0 Å². The molecule has 5 N–H and O–H groups in total. The normalized spacial score (nSPS) is 11.3. The van der Waals surface area contributed by atoms with Gasteiger partial charge in [0.1, 0.15) is 6.04 Å². The predicted octanol–water partition coefficient (Wildman–Crippen LogP) is -0.844. The molecule has 0 spiro atoms. The number of hydrogen-bond acceptors (Lipinski definition) is 3. The first-order chi connectivity index (χ1) is 4.97. The molecule has 0 aromatic carbocycles. The van der Waals surface area contributed by atoms with Crippen LogP contribution in [0.15, 0.2) is 0 Å². The summed E-state index contributed by atoms with van der Waals surface area (Å²) in [6.45, 7) is 3.55. The van der Waals surface area contributed by atoms with Crippen molar-refractivity contribution >= 4 is 12.4 Å². The van der Waals surface area contributed by atoms with Crippen molar-refractivity contribution in [2.45, 2.75) is 19.9 Å². The first kappa shape index (κ1) is 12.6. The van der Waals surface area contributed by atoms with Crippen LogP contribution in [-0.4, -0.2) is 23.5 Å². The molecule has 5 heteroatoms. The van der Waals surface area contributed by atoms with E-state index in [-0.39, 0.29) is 12.3 Å². The van der Waals surface area contributed by atoms with E-state index in [1.54, 1.807) is 13.8 Å². The molecule has 0 rings (SSSR count). The number of carbonyl (C=O) groups is 2. The van der Waals surface area contributed by atoms with Gasteiger partial charge >= 0.3 is 5.97 Å². The number of nitrogens with two attached hydrogens (primary N) is 2. The molecule has 11 heavy (non-hydrogen) atoms. The maximum Gasteiger partial charge on any atom is 0.320 e. The molecule has 0 aromatic heterocycles. The second-order valence-corrected chi connectivity index (χ2v) is 2.24. The zero-order valence-electron chi connectivity index (χ0n) is 6.65.